The summed E-state index contributed by atoms with van der Waals surface area (Å²) in [6.07, 6.45) is 2.20. The fourth-order valence-electron chi connectivity index (χ4n) is 3.95. The van der Waals surface area contributed by atoms with Crippen molar-refractivity contribution in [3.63, 3.8) is 0 Å². The molecule has 2 aromatic rings. The smallest absolute Gasteiger partial charge is 0.388 e. The predicted molar refractivity (Wildman–Crippen MR) is 97.8 cm³/mol. The summed E-state index contributed by atoms with van der Waals surface area (Å²) >= 11 is 0. The van der Waals surface area contributed by atoms with Gasteiger partial charge < -0.3 is 5.11 Å². The molecule has 0 heterocycles. The summed E-state index contributed by atoms with van der Waals surface area (Å²) in [5.41, 5.74) is 2.87. The summed E-state index contributed by atoms with van der Waals surface area (Å²) in [5.74, 6) is 0.590. The lowest BCUT2D eigenvalue weighted by molar-refractivity contribution is -0.137. The Kier molecular flexibility index (Phi) is 5.71. The quantitative estimate of drug-likeness (QED) is 0.643. The molecule has 26 heavy (non-hydrogen) atoms. The lowest BCUT2D eigenvalue weighted by atomic mass is 9.83. The second-order valence-corrected chi connectivity index (χ2v) is 7.40. The SMILES string of the molecule is Cc1cc(-c2ccc(C(F)(F)F)cc2)ccc1C(O)CC1CCCCC1. The summed E-state index contributed by atoms with van der Waals surface area (Å²) in [5, 5.41) is 10.6. The molecule has 0 aliphatic heterocycles. The standard InChI is InChI=1S/C22H25F3O/c1-15-13-18(17-7-10-19(11-8-17)22(23,24)25)9-12-20(15)21(26)14-16-5-3-2-4-6-16/h7-13,16,21,26H,2-6,14H2,1H3. The maximum Gasteiger partial charge on any atom is 0.416 e. The Morgan fingerprint density at radius 3 is 2.15 bits per heavy atom. The number of aliphatic hydroxyl groups excluding tert-OH is 1. The molecule has 1 fully saturated rings. The van der Waals surface area contributed by atoms with Gasteiger partial charge in [0.05, 0.1) is 11.7 Å². The van der Waals surface area contributed by atoms with Crippen LogP contribution in [-0.2, 0) is 6.18 Å². The number of hydrogen-bond donors (Lipinski definition) is 1. The molecule has 1 nitrogen and oxygen atoms in total. The van der Waals surface area contributed by atoms with Gasteiger partial charge >= 0.3 is 6.18 Å². The zero-order valence-electron chi connectivity index (χ0n) is 15.0. The molecule has 0 bridgehead atoms. The Hall–Kier alpha value is -1.81. The van der Waals surface area contributed by atoms with Gasteiger partial charge in [-0.1, -0.05) is 62.4 Å². The van der Waals surface area contributed by atoms with Crippen LogP contribution in [0.4, 0.5) is 13.2 Å². The van der Waals surface area contributed by atoms with E-state index in [0.29, 0.717) is 5.92 Å². The molecule has 0 spiro atoms. The summed E-state index contributed by atoms with van der Waals surface area (Å²) in [7, 11) is 0. The first-order chi connectivity index (χ1) is 12.3. The van der Waals surface area contributed by atoms with Gasteiger partial charge in [-0.15, -0.1) is 0 Å². The topological polar surface area (TPSA) is 20.2 Å². The molecule has 0 saturated heterocycles. The highest BCUT2D eigenvalue weighted by Crippen LogP contribution is 2.35. The molecule has 3 rings (SSSR count). The number of alkyl halides is 3. The van der Waals surface area contributed by atoms with E-state index in [2.05, 4.69) is 0 Å². The Bertz CT molecular complexity index is 728. The van der Waals surface area contributed by atoms with Crippen LogP contribution in [0.5, 0.6) is 0 Å². The average molecular weight is 362 g/mol. The van der Waals surface area contributed by atoms with Crippen LogP contribution in [0.25, 0.3) is 11.1 Å². The number of halogens is 3. The van der Waals surface area contributed by atoms with E-state index in [0.717, 1.165) is 40.8 Å². The van der Waals surface area contributed by atoms with Crippen molar-refractivity contribution in [3.05, 3.63) is 59.2 Å². The van der Waals surface area contributed by atoms with E-state index in [1.54, 1.807) is 0 Å². The zero-order chi connectivity index (χ0) is 18.7. The van der Waals surface area contributed by atoms with Gasteiger partial charge in [-0.25, -0.2) is 0 Å². The van der Waals surface area contributed by atoms with E-state index < -0.39 is 17.8 Å². The van der Waals surface area contributed by atoms with E-state index in [4.69, 9.17) is 0 Å². The molecule has 140 valence electrons. The van der Waals surface area contributed by atoms with Gasteiger partial charge in [-0.05, 0) is 53.6 Å². The van der Waals surface area contributed by atoms with Gasteiger partial charge in [0.25, 0.3) is 0 Å². The number of aryl methyl sites for hydroxylation is 1. The minimum atomic E-state index is -4.32. The summed E-state index contributed by atoms with van der Waals surface area (Å²) in [6.45, 7) is 1.95. The highest BCUT2D eigenvalue weighted by Gasteiger charge is 2.30. The second-order valence-electron chi connectivity index (χ2n) is 7.40. The van der Waals surface area contributed by atoms with Crippen LogP contribution in [0, 0.1) is 12.8 Å². The van der Waals surface area contributed by atoms with E-state index in [9.17, 15) is 18.3 Å². The van der Waals surface area contributed by atoms with E-state index >= 15 is 0 Å². The number of aliphatic hydroxyl groups is 1. The Morgan fingerprint density at radius 2 is 1.58 bits per heavy atom. The monoisotopic (exact) mass is 362 g/mol. The first-order valence-electron chi connectivity index (χ1n) is 9.31. The highest BCUT2D eigenvalue weighted by molar-refractivity contribution is 5.65. The molecular weight excluding hydrogens is 337 g/mol. The van der Waals surface area contributed by atoms with Crippen molar-refractivity contribution in [1.29, 1.82) is 0 Å². The van der Waals surface area contributed by atoms with Crippen LogP contribution in [-0.4, -0.2) is 5.11 Å². The van der Waals surface area contributed by atoms with Crippen molar-refractivity contribution in [2.45, 2.75) is 57.7 Å². The number of rotatable bonds is 4. The largest absolute Gasteiger partial charge is 0.416 e. The molecule has 1 N–H and O–H groups in total. The van der Waals surface area contributed by atoms with Crippen LogP contribution < -0.4 is 0 Å². The van der Waals surface area contributed by atoms with Crippen LogP contribution in [0.15, 0.2) is 42.5 Å². The van der Waals surface area contributed by atoms with E-state index in [1.807, 2.05) is 25.1 Å². The second kappa shape index (κ2) is 7.83. The average Bonchev–Trinajstić information content (AvgIpc) is 2.62. The third-order valence-electron chi connectivity index (χ3n) is 5.46. The van der Waals surface area contributed by atoms with Gasteiger partial charge in [-0.3, -0.25) is 0 Å². The number of hydrogen-bond acceptors (Lipinski definition) is 1. The van der Waals surface area contributed by atoms with Crippen molar-refractivity contribution in [2.75, 3.05) is 0 Å². The predicted octanol–water partition coefficient (Wildman–Crippen LogP) is 6.68. The van der Waals surface area contributed by atoms with Crippen LogP contribution in [0.2, 0.25) is 0 Å². The minimum absolute atomic E-state index is 0.472. The fourth-order valence-corrected chi connectivity index (χ4v) is 3.95. The van der Waals surface area contributed by atoms with E-state index in [1.165, 1.54) is 44.2 Å². The third kappa shape index (κ3) is 4.47. The molecule has 1 unspecified atom stereocenters. The molecule has 1 atom stereocenters. The van der Waals surface area contributed by atoms with Gasteiger partial charge in [0.1, 0.15) is 0 Å². The van der Waals surface area contributed by atoms with Crippen molar-refractivity contribution >= 4 is 0 Å². The minimum Gasteiger partial charge on any atom is -0.388 e. The maximum atomic E-state index is 12.7. The molecule has 1 saturated carbocycles. The Labute approximate surface area is 152 Å². The van der Waals surface area contributed by atoms with Crippen molar-refractivity contribution in [2.24, 2.45) is 5.92 Å². The van der Waals surface area contributed by atoms with Crippen molar-refractivity contribution < 1.29 is 18.3 Å². The fraction of sp³-hybridized carbons (Fsp3) is 0.455. The Balaban J connectivity index is 1.74. The zero-order valence-corrected chi connectivity index (χ0v) is 15.0. The molecule has 1 aliphatic carbocycles. The summed E-state index contributed by atoms with van der Waals surface area (Å²) < 4.78 is 38.1. The number of benzene rings is 2. The van der Waals surface area contributed by atoms with Crippen molar-refractivity contribution in [1.82, 2.24) is 0 Å². The third-order valence-corrected chi connectivity index (χ3v) is 5.46. The summed E-state index contributed by atoms with van der Waals surface area (Å²) in [6, 6.07) is 10.9. The molecule has 4 heteroatoms. The Morgan fingerprint density at radius 1 is 0.962 bits per heavy atom. The van der Waals surface area contributed by atoms with E-state index in [-0.39, 0.29) is 0 Å². The maximum absolute atomic E-state index is 12.7. The lowest BCUT2D eigenvalue weighted by Crippen LogP contribution is -2.11. The van der Waals surface area contributed by atoms with Gasteiger partial charge in [-0.2, -0.15) is 13.2 Å². The van der Waals surface area contributed by atoms with Gasteiger partial charge in [0.15, 0.2) is 0 Å². The molecule has 1 aliphatic rings. The first-order valence-corrected chi connectivity index (χ1v) is 9.31. The van der Waals surface area contributed by atoms with Crippen LogP contribution in [0.1, 0.15) is 61.3 Å². The summed E-state index contributed by atoms with van der Waals surface area (Å²) in [4.78, 5) is 0. The molecule has 0 aromatic heterocycles. The van der Waals surface area contributed by atoms with Crippen LogP contribution >= 0.6 is 0 Å². The normalized spacial score (nSPS) is 17.3. The molecule has 0 amide bonds. The highest BCUT2D eigenvalue weighted by atomic mass is 19.4. The van der Waals surface area contributed by atoms with Gasteiger partial charge in [0, 0.05) is 0 Å². The molecule has 2 aromatic carbocycles. The van der Waals surface area contributed by atoms with Gasteiger partial charge in [0.2, 0.25) is 0 Å². The lowest BCUT2D eigenvalue weighted by Gasteiger charge is -2.25. The van der Waals surface area contributed by atoms with Crippen molar-refractivity contribution in [3.8, 4) is 11.1 Å². The molecule has 0 radical (unpaired) electrons. The first kappa shape index (κ1) is 19.0. The molecular formula is C22H25F3O. The van der Waals surface area contributed by atoms with Crippen LogP contribution in [0.3, 0.4) is 0 Å².